The van der Waals surface area contributed by atoms with Crippen molar-refractivity contribution in [3.05, 3.63) is 70.1 Å². The molecule has 0 saturated carbocycles. The van der Waals surface area contributed by atoms with Gasteiger partial charge in [0.1, 0.15) is 0 Å². The second kappa shape index (κ2) is 7.25. The minimum atomic E-state index is -0.232. The Bertz CT molecular complexity index is 588. The summed E-state index contributed by atoms with van der Waals surface area (Å²) in [6.07, 6.45) is 1.39. The second-order valence-corrected chi connectivity index (χ2v) is 4.24. The van der Waals surface area contributed by atoms with E-state index in [4.69, 9.17) is 4.74 Å². The van der Waals surface area contributed by atoms with Crippen molar-refractivity contribution in [2.45, 2.75) is 6.61 Å². The third-order valence-electron chi connectivity index (χ3n) is 2.69. The zero-order valence-electron chi connectivity index (χ0n) is 11.0. The average molecular weight is 272 g/mol. The van der Waals surface area contributed by atoms with Gasteiger partial charge >= 0.3 is 0 Å². The average Bonchev–Trinajstić information content (AvgIpc) is 2.48. The van der Waals surface area contributed by atoms with Gasteiger partial charge in [-0.15, -0.1) is 0 Å². The molecule has 0 unspecified atom stereocenters. The molecule has 5 nitrogen and oxygen atoms in total. The van der Waals surface area contributed by atoms with E-state index in [1.54, 1.807) is 0 Å². The van der Waals surface area contributed by atoms with Gasteiger partial charge in [0.25, 0.3) is 5.91 Å². The number of aromatic nitrogens is 1. The molecule has 104 valence electrons. The van der Waals surface area contributed by atoms with Crippen LogP contribution in [0.1, 0.15) is 15.9 Å². The lowest BCUT2D eigenvalue weighted by atomic mass is 10.2. The van der Waals surface area contributed by atoms with Crippen LogP contribution in [-0.2, 0) is 11.3 Å². The SMILES string of the molecule is O=C(NCCOCc1ccccc1)c1ccc(=O)[nH]c1. The van der Waals surface area contributed by atoms with Crippen molar-refractivity contribution in [2.24, 2.45) is 0 Å². The molecular formula is C15H16N2O3. The van der Waals surface area contributed by atoms with Crippen LogP contribution < -0.4 is 10.9 Å². The highest BCUT2D eigenvalue weighted by molar-refractivity contribution is 5.93. The molecule has 2 rings (SSSR count). The van der Waals surface area contributed by atoms with E-state index < -0.39 is 0 Å². The lowest BCUT2D eigenvalue weighted by Crippen LogP contribution is -2.27. The molecular weight excluding hydrogens is 256 g/mol. The third kappa shape index (κ3) is 4.37. The predicted octanol–water partition coefficient (Wildman–Crippen LogP) is 1.32. The Labute approximate surface area is 116 Å². The Kier molecular flexibility index (Phi) is 5.08. The van der Waals surface area contributed by atoms with Gasteiger partial charge in [0, 0.05) is 18.8 Å². The van der Waals surface area contributed by atoms with Crippen molar-refractivity contribution in [1.82, 2.24) is 10.3 Å². The largest absolute Gasteiger partial charge is 0.375 e. The van der Waals surface area contributed by atoms with E-state index in [2.05, 4.69) is 10.3 Å². The molecule has 1 amide bonds. The number of benzene rings is 1. The monoisotopic (exact) mass is 272 g/mol. The smallest absolute Gasteiger partial charge is 0.252 e. The van der Waals surface area contributed by atoms with Gasteiger partial charge in [0.05, 0.1) is 18.8 Å². The van der Waals surface area contributed by atoms with Gasteiger partial charge in [-0.05, 0) is 11.6 Å². The molecule has 0 aliphatic carbocycles. The molecule has 0 atom stereocenters. The van der Waals surface area contributed by atoms with E-state index in [1.807, 2.05) is 30.3 Å². The van der Waals surface area contributed by atoms with Gasteiger partial charge in [0.2, 0.25) is 5.56 Å². The molecule has 1 aromatic carbocycles. The number of rotatable bonds is 6. The van der Waals surface area contributed by atoms with Crippen LogP contribution in [0.4, 0.5) is 0 Å². The summed E-state index contributed by atoms with van der Waals surface area (Å²) >= 11 is 0. The Morgan fingerprint density at radius 1 is 1.15 bits per heavy atom. The fourth-order valence-corrected chi connectivity index (χ4v) is 1.65. The van der Waals surface area contributed by atoms with Crippen molar-refractivity contribution in [1.29, 1.82) is 0 Å². The molecule has 1 aromatic heterocycles. The molecule has 2 aromatic rings. The lowest BCUT2D eigenvalue weighted by Gasteiger charge is -2.06. The number of ether oxygens (including phenoxy) is 1. The number of amides is 1. The lowest BCUT2D eigenvalue weighted by molar-refractivity contribution is 0.0900. The van der Waals surface area contributed by atoms with Crippen LogP contribution in [-0.4, -0.2) is 24.0 Å². The number of pyridine rings is 1. The number of nitrogens with one attached hydrogen (secondary N) is 2. The quantitative estimate of drug-likeness (QED) is 0.779. The summed E-state index contributed by atoms with van der Waals surface area (Å²) in [4.78, 5) is 25.0. The van der Waals surface area contributed by atoms with E-state index in [0.29, 0.717) is 25.3 Å². The highest BCUT2D eigenvalue weighted by atomic mass is 16.5. The van der Waals surface area contributed by atoms with Crippen molar-refractivity contribution in [3.63, 3.8) is 0 Å². The molecule has 20 heavy (non-hydrogen) atoms. The molecule has 0 spiro atoms. The van der Waals surface area contributed by atoms with E-state index in [1.165, 1.54) is 18.3 Å². The number of carbonyl (C=O) groups excluding carboxylic acids is 1. The van der Waals surface area contributed by atoms with Crippen LogP contribution in [0.2, 0.25) is 0 Å². The van der Waals surface area contributed by atoms with Crippen LogP contribution >= 0.6 is 0 Å². The first-order valence-corrected chi connectivity index (χ1v) is 6.34. The van der Waals surface area contributed by atoms with Crippen molar-refractivity contribution >= 4 is 5.91 Å². The number of carbonyl (C=O) groups is 1. The second-order valence-electron chi connectivity index (χ2n) is 4.24. The number of aromatic amines is 1. The molecule has 5 heteroatoms. The Morgan fingerprint density at radius 2 is 1.95 bits per heavy atom. The zero-order chi connectivity index (χ0) is 14.2. The molecule has 1 heterocycles. The van der Waals surface area contributed by atoms with Gasteiger partial charge < -0.3 is 15.0 Å². The maximum Gasteiger partial charge on any atom is 0.252 e. The Hall–Kier alpha value is -2.40. The fraction of sp³-hybridized carbons (Fsp3) is 0.200. The maximum absolute atomic E-state index is 11.7. The molecule has 0 saturated heterocycles. The van der Waals surface area contributed by atoms with Gasteiger partial charge in [-0.1, -0.05) is 30.3 Å². The van der Waals surface area contributed by atoms with E-state index in [9.17, 15) is 9.59 Å². The van der Waals surface area contributed by atoms with Crippen LogP contribution in [0.15, 0.2) is 53.5 Å². The van der Waals surface area contributed by atoms with Gasteiger partial charge in [0.15, 0.2) is 0 Å². The van der Waals surface area contributed by atoms with Crippen LogP contribution in [0.25, 0.3) is 0 Å². The summed E-state index contributed by atoms with van der Waals surface area (Å²) in [5.74, 6) is -0.232. The van der Waals surface area contributed by atoms with E-state index in [0.717, 1.165) is 5.56 Å². The van der Waals surface area contributed by atoms with Crippen molar-refractivity contribution < 1.29 is 9.53 Å². The first-order chi connectivity index (χ1) is 9.75. The molecule has 0 radical (unpaired) electrons. The summed E-state index contributed by atoms with van der Waals surface area (Å²) in [6.45, 7) is 1.38. The van der Waals surface area contributed by atoms with Crippen LogP contribution in [0.3, 0.4) is 0 Å². The van der Waals surface area contributed by atoms with Gasteiger partial charge in [-0.25, -0.2) is 0 Å². The Balaban J connectivity index is 1.67. The fourth-order valence-electron chi connectivity index (χ4n) is 1.65. The van der Waals surface area contributed by atoms with Crippen LogP contribution in [0, 0.1) is 0 Å². The standard InChI is InChI=1S/C15H16N2O3/c18-14-7-6-13(10-17-14)15(19)16-8-9-20-11-12-4-2-1-3-5-12/h1-7,10H,8-9,11H2,(H,16,19)(H,17,18). The van der Waals surface area contributed by atoms with Crippen molar-refractivity contribution in [2.75, 3.05) is 13.2 Å². The number of H-pyrrole nitrogens is 1. The molecule has 0 aliphatic rings. The summed E-state index contributed by atoms with van der Waals surface area (Å²) < 4.78 is 5.45. The predicted molar refractivity (Wildman–Crippen MR) is 75.5 cm³/mol. The Morgan fingerprint density at radius 3 is 2.65 bits per heavy atom. The highest BCUT2D eigenvalue weighted by Crippen LogP contribution is 1.99. The zero-order valence-corrected chi connectivity index (χ0v) is 11.0. The van der Waals surface area contributed by atoms with E-state index in [-0.39, 0.29) is 11.5 Å². The third-order valence-corrected chi connectivity index (χ3v) is 2.69. The first kappa shape index (κ1) is 14.0. The number of hydrogen-bond acceptors (Lipinski definition) is 3. The number of hydrogen-bond donors (Lipinski definition) is 2. The minimum absolute atomic E-state index is 0.229. The molecule has 2 N–H and O–H groups in total. The minimum Gasteiger partial charge on any atom is -0.375 e. The van der Waals surface area contributed by atoms with Crippen molar-refractivity contribution in [3.8, 4) is 0 Å². The topological polar surface area (TPSA) is 71.2 Å². The molecule has 0 aliphatic heterocycles. The summed E-state index contributed by atoms with van der Waals surface area (Å²) in [7, 11) is 0. The van der Waals surface area contributed by atoms with Crippen LogP contribution in [0.5, 0.6) is 0 Å². The summed E-state index contributed by atoms with van der Waals surface area (Å²) in [6, 6.07) is 12.6. The van der Waals surface area contributed by atoms with Gasteiger partial charge in [-0.2, -0.15) is 0 Å². The highest BCUT2D eigenvalue weighted by Gasteiger charge is 2.03. The van der Waals surface area contributed by atoms with Gasteiger partial charge in [-0.3, -0.25) is 9.59 Å². The first-order valence-electron chi connectivity index (χ1n) is 6.34. The van der Waals surface area contributed by atoms with E-state index >= 15 is 0 Å². The molecule has 0 bridgehead atoms. The molecule has 0 fully saturated rings. The normalized spacial score (nSPS) is 10.2. The summed E-state index contributed by atoms with van der Waals surface area (Å²) in [5.41, 5.74) is 1.29. The summed E-state index contributed by atoms with van der Waals surface area (Å²) in [5, 5.41) is 2.72. The maximum atomic E-state index is 11.7.